The highest BCUT2D eigenvalue weighted by Crippen LogP contribution is 2.30. The fourth-order valence-electron chi connectivity index (χ4n) is 3.24. The lowest BCUT2D eigenvalue weighted by Crippen LogP contribution is -2.53. The molecule has 1 amide bonds. The molecule has 1 aliphatic rings. The molecule has 136 valence electrons. The van der Waals surface area contributed by atoms with Crippen molar-refractivity contribution < 1.29 is 9.53 Å². The third-order valence-corrected chi connectivity index (χ3v) is 4.43. The number of anilines is 1. The number of rotatable bonds is 5. The Labute approximate surface area is 153 Å². The lowest BCUT2D eigenvalue weighted by Gasteiger charge is -2.38. The van der Waals surface area contributed by atoms with E-state index in [1.54, 1.807) is 12.3 Å². The van der Waals surface area contributed by atoms with Crippen LogP contribution < -0.4 is 15.5 Å². The van der Waals surface area contributed by atoms with Crippen molar-refractivity contribution >= 4 is 22.5 Å². The van der Waals surface area contributed by atoms with Crippen molar-refractivity contribution in [2.75, 3.05) is 38.1 Å². The van der Waals surface area contributed by atoms with Crippen LogP contribution in [-0.2, 0) is 9.53 Å². The number of nitrogens with one attached hydrogen (secondary N) is 2. The van der Waals surface area contributed by atoms with E-state index in [1.807, 2.05) is 32.2 Å². The molecule has 0 radical (unpaired) electrons. The first-order valence-electron chi connectivity index (χ1n) is 8.74. The van der Waals surface area contributed by atoms with E-state index >= 15 is 0 Å². The molecule has 2 aromatic rings. The molecule has 3 rings (SSSR count). The maximum Gasteiger partial charge on any atom is 0.251 e. The second kappa shape index (κ2) is 8.13. The number of amides is 1. The van der Waals surface area contributed by atoms with Crippen molar-refractivity contribution in [3.63, 3.8) is 0 Å². The van der Waals surface area contributed by atoms with Gasteiger partial charge in [0.1, 0.15) is 6.07 Å². The van der Waals surface area contributed by atoms with Crippen molar-refractivity contribution in [2.45, 2.75) is 19.1 Å². The van der Waals surface area contributed by atoms with Gasteiger partial charge in [0.2, 0.25) is 0 Å². The van der Waals surface area contributed by atoms with Crippen molar-refractivity contribution in [1.29, 1.82) is 5.26 Å². The highest BCUT2D eigenvalue weighted by Gasteiger charge is 2.31. The number of aromatic nitrogens is 1. The van der Waals surface area contributed by atoms with Crippen molar-refractivity contribution in [2.24, 2.45) is 0 Å². The van der Waals surface area contributed by atoms with Crippen molar-refractivity contribution in [3.05, 3.63) is 36.0 Å². The average molecular weight is 353 g/mol. The zero-order valence-corrected chi connectivity index (χ0v) is 15.0. The Morgan fingerprint density at radius 1 is 1.38 bits per heavy atom. The first-order chi connectivity index (χ1) is 12.6. The zero-order chi connectivity index (χ0) is 18.5. The van der Waals surface area contributed by atoms with Gasteiger partial charge in [-0.1, -0.05) is 0 Å². The van der Waals surface area contributed by atoms with E-state index in [2.05, 4.69) is 26.6 Å². The van der Waals surface area contributed by atoms with Crippen LogP contribution in [0, 0.1) is 11.3 Å². The Bertz CT molecular complexity index is 832. The maximum absolute atomic E-state index is 12.4. The molecule has 1 aromatic heterocycles. The summed E-state index contributed by atoms with van der Waals surface area (Å²) in [6.45, 7) is 4.38. The molecular weight excluding hydrogens is 330 g/mol. The molecule has 1 fully saturated rings. The Morgan fingerprint density at radius 3 is 3.00 bits per heavy atom. The number of nitriles is 1. The number of hydrogen-bond donors (Lipinski definition) is 2. The zero-order valence-electron chi connectivity index (χ0n) is 15.0. The first-order valence-corrected chi connectivity index (χ1v) is 8.74. The van der Waals surface area contributed by atoms with Crippen LogP contribution in [0.3, 0.4) is 0 Å². The van der Waals surface area contributed by atoms with Gasteiger partial charge in [0.25, 0.3) is 5.91 Å². The number of carbonyl (C=O) groups is 1. The van der Waals surface area contributed by atoms with Gasteiger partial charge in [-0.2, -0.15) is 5.26 Å². The number of benzene rings is 1. The summed E-state index contributed by atoms with van der Waals surface area (Å²) in [6, 6.07) is 9.72. The van der Waals surface area contributed by atoms with E-state index in [1.165, 1.54) is 0 Å². The van der Waals surface area contributed by atoms with Gasteiger partial charge in [-0.05, 0) is 38.2 Å². The molecular formula is C19H23N5O2. The monoisotopic (exact) mass is 353 g/mol. The van der Waals surface area contributed by atoms with E-state index in [4.69, 9.17) is 4.74 Å². The van der Waals surface area contributed by atoms with Gasteiger partial charge in [0.15, 0.2) is 6.10 Å². The standard InChI is InChI=1S/C19H23N5O2/c1-13-11-24(12-17(26-13)19(25)23-9-8-21-2)16-6-5-14(10-20)18-15(16)4-3-7-22-18/h3-7,13,17,21H,8-9,11-12H2,1-2H3,(H,23,25)/t13-,17-/m1/s1. The molecule has 2 heterocycles. The number of nitrogens with zero attached hydrogens (tertiary/aromatic N) is 3. The molecule has 0 spiro atoms. The quantitative estimate of drug-likeness (QED) is 0.781. The molecule has 7 nitrogen and oxygen atoms in total. The summed E-state index contributed by atoms with van der Waals surface area (Å²) >= 11 is 0. The minimum absolute atomic E-state index is 0.0776. The fourth-order valence-corrected chi connectivity index (χ4v) is 3.24. The van der Waals surface area contributed by atoms with Crippen LogP contribution in [-0.4, -0.2) is 56.3 Å². The Kier molecular flexibility index (Phi) is 5.66. The molecule has 2 atom stereocenters. The predicted octanol–water partition coefficient (Wildman–Crippen LogP) is 1.04. The molecule has 0 bridgehead atoms. The fraction of sp³-hybridized carbons (Fsp3) is 0.421. The van der Waals surface area contributed by atoms with E-state index < -0.39 is 6.10 Å². The van der Waals surface area contributed by atoms with Gasteiger partial charge in [-0.3, -0.25) is 9.78 Å². The van der Waals surface area contributed by atoms with Gasteiger partial charge in [-0.25, -0.2) is 0 Å². The summed E-state index contributed by atoms with van der Waals surface area (Å²) in [5.41, 5.74) is 2.20. The number of pyridine rings is 1. The largest absolute Gasteiger partial charge is 0.365 e. The molecule has 1 aliphatic heterocycles. The molecule has 26 heavy (non-hydrogen) atoms. The lowest BCUT2D eigenvalue weighted by atomic mass is 10.1. The molecule has 7 heteroatoms. The summed E-state index contributed by atoms with van der Waals surface area (Å²) in [6.07, 6.45) is 1.08. The van der Waals surface area contributed by atoms with Crippen LogP contribution >= 0.6 is 0 Å². The molecule has 0 aliphatic carbocycles. The summed E-state index contributed by atoms with van der Waals surface area (Å²) in [5.74, 6) is -0.104. The third kappa shape index (κ3) is 3.77. The Morgan fingerprint density at radius 2 is 2.23 bits per heavy atom. The van der Waals surface area contributed by atoms with Gasteiger partial charge < -0.3 is 20.3 Å². The third-order valence-electron chi connectivity index (χ3n) is 4.43. The minimum Gasteiger partial charge on any atom is -0.365 e. The van der Waals surface area contributed by atoms with Gasteiger partial charge in [0, 0.05) is 36.9 Å². The predicted molar refractivity (Wildman–Crippen MR) is 99.9 cm³/mol. The van der Waals surface area contributed by atoms with Crippen LogP contribution in [0.4, 0.5) is 5.69 Å². The van der Waals surface area contributed by atoms with Gasteiger partial charge >= 0.3 is 0 Å². The first kappa shape index (κ1) is 18.1. The average Bonchev–Trinajstić information content (AvgIpc) is 2.66. The van der Waals surface area contributed by atoms with Crippen LogP contribution in [0.1, 0.15) is 12.5 Å². The topological polar surface area (TPSA) is 90.3 Å². The van der Waals surface area contributed by atoms with Crippen molar-refractivity contribution in [1.82, 2.24) is 15.6 Å². The van der Waals surface area contributed by atoms with Crippen LogP contribution in [0.15, 0.2) is 30.5 Å². The molecule has 2 N–H and O–H groups in total. The summed E-state index contributed by atoms with van der Waals surface area (Å²) in [5, 5.41) is 16.1. The van der Waals surface area contributed by atoms with Gasteiger partial charge in [-0.15, -0.1) is 0 Å². The molecule has 1 saturated heterocycles. The number of hydrogen-bond acceptors (Lipinski definition) is 6. The number of fused-ring (bicyclic) bond motifs is 1. The second-order valence-corrected chi connectivity index (χ2v) is 6.38. The maximum atomic E-state index is 12.4. The number of carbonyl (C=O) groups excluding carboxylic acids is 1. The van der Waals surface area contributed by atoms with E-state index in [0.29, 0.717) is 37.3 Å². The highest BCUT2D eigenvalue weighted by molar-refractivity contribution is 5.95. The summed E-state index contributed by atoms with van der Waals surface area (Å²) in [7, 11) is 1.84. The van der Waals surface area contributed by atoms with Crippen LogP contribution in [0.5, 0.6) is 0 Å². The smallest absolute Gasteiger partial charge is 0.251 e. The SMILES string of the molecule is CNCCNC(=O)[C@H]1CN(c2ccc(C#N)c3ncccc23)C[C@@H](C)O1. The Hall–Kier alpha value is -2.69. The normalized spacial score (nSPS) is 20.0. The van der Waals surface area contributed by atoms with E-state index in [9.17, 15) is 10.1 Å². The summed E-state index contributed by atoms with van der Waals surface area (Å²) in [4.78, 5) is 18.9. The minimum atomic E-state index is -0.530. The summed E-state index contributed by atoms with van der Waals surface area (Å²) < 4.78 is 5.85. The molecule has 1 aromatic carbocycles. The van der Waals surface area contributed by atoms with Crippen LogP contribution in [0.25, 0.3) is 10.9 Å². The number of likely N-dealkylation sites (N-methyl/N-ethyl adjacent to an activating group) is 1. The van der Waals surface area contributed by atoms with Crippen molar-refractivity contribution in [3.8, 4) is 6.07 Å². The van der Waals surface area contributed by atoms with Crippen LogP contribution in [0.2, 0.25) is 0 Å². The number of ether oxygens (including phenoxy) is 1. The molecule has 0 unspecified atom stereocenters. The van der Waals surface area contributed by atoms with Gasteiger partial charge in [0.05, 0.1) is 23.7 Å². The van der Waals surface area contributed by atoms with E-state index in [-0.39, 0.29) is 12.0 Å². The highest BCUT2D eigenvalue weighted by atomic mass is 16.5. The Balaban J connectivity index is 1.86. The molecule has 0 saturated carbocycles. The van der Waals surface area contributed by atoms with E-state index in [0.717, 1.165) is 11.1 Å². The second-order valence-electron chi connectivity index (χ2n) is 6.38. The number of morpholine rings is 1. The lowest BCUT2D eigenvalue weighted by molar-refractivity contribution is -0.137.